The third-order valence-electron chi connectivity index (χ3n) is 5.52. The molecule has 0 unspecified atom stereocenters. The monoisotopic (exact) mass is 419 g/mol. The van der Waals surface area contributed by atoms with Gasteiger partial charge in [0.15, 0.2) is 0 Å². The molecule has 0 aliphatic carbocycles. The number of carboxylic acids is 1. The van der Waals surface area contributed by atoms with Gasteiger partial charge in [-0.2, -0.15) is 13.2 Å². The molecule has 3 atom stereocenters. The first-order chi connectivity index (χ1) is 13.5. The number of carbonyl (C=O) groups is 2. The van der Waals surface area contributed by atoms with Crippen molar-refractivity contribution < 1.29 is 32.6 Å². The van der Waals surface area contributed by atoms with Crippen LogP contribution in [0.25, 0.3) is 0 Å². The van der Waals surface area contributed by atoms with E-state index < -0.39 is 12.1 Å². The zero-order valence-corrected chi connectivity index (χ0v) is 16.8. The minimum atomic E-state index is -5.08. The highest BCUT2D eigenvalue weighted by Crippen LogP contribution is 2.35. The number of hydrogen-bond donors (Lipinski definition) is 2. The second-order valence-corrected chi connectivity index (χ2v) is 7.76. The summed E-state index contributed by atoms with van der Waals surface area (Å²) < 4.78 is 37.8. The number of aromatic nitrogens is 1. The second kappa shape index (κ2) is 9.62. The SMILES string of the molecule is CC(C)N(C)C[C@H]1OC[C@@H]2CCN(C(=O)c3ccc[nH]3)C[C@@H]21.O=C(O)C(F)(F)F. The molecule has 0 aromatic carbocycles. The maximum Gasteiger partial charge on any atom is 0.490 e. The molecule has 7 nitrogen and oxygen atoms in total. The van der Waals surface area contributed by atoms with Gasteiger partial charge in [0.1, 0.15) is 5.69 Å². The Morgan fingerprint density at radius 2 is 2.07 bits per heavy atom. The van der Waals surface area contributed by atoms with E-state index in [1.165, 1.54) is 0 Å². The van der Waals surface area contributed by atoms with Crippen LogP contribution in [-0.4, -0.2) is 83.4 Å². The number of fused-ring (bicyclic) bond motifs is 1. The topological polar surface area (TPSA) is 85.9 Å². The van der Waals surface area contributed by atoms with E-state index in [1.54, 1.807) is 6.20 Å². The Morgan fingerprint density at radius 3 is 2.59 bits per heavy atom. The van der Waals surface area contributed by atoms with Crippen molar-refractivity contribution in [3.05, 3.63) is 24.0 Å². The van der Waals surface area contributed by atoms with Crippen molar-refractivity contribution in [3.63, 3.8) is 0 Å². The van der Waals surface area contributed by atoms with Crippen molar-refractivity contribution in [3.8, 4) is 0 Å². The van der Waals surface area contributed by atoms with Gasteiger partial charge in [-0.1, -0.05) is 0 Å². The summed E-state index contributed by atoms with van der Waals surface area (Å²) >= 11 is 0. The van der Waals surface area contributed by atoms with Gasteiger partial charge in [0.05, 0.1) is 12.7 Å². The third kappa shape index (κ3) is 6.20. The fourth-order valence-corrected chi connectivity index (χ4v) is 3.53. The van der Waals surface area contributed by atoms with E-state index in [9.17, 15) is 18.0 Å². The average Bonchev–Trinajstić information content (AvgIpc) is 3.30. The Labute approximate surface area is 167 Å². The number of hydrogen-bond acceptors (Lipinski definition) is 4. The van der Waals surface area contributed by atoms with Crippen LogP contribution in [0.3, 0.4) is 0 Å². The van der Waals surface area contributed by atoms with Crippen molar-refractivity contribution in [2.75, 3.05) is 33.3 Å². The number of rotatable bonds is 4. The molecular formula is C19H28F3N3O4. The van der Waals surface area contributed by atoms with Crippen LogP contribution in [0, 0.1) is 11.8 Å². The number of carbonyl (C=O) groups excluding carboxylic acids is 1. The van der Waals surface area contributed by atoms with Crippen molar-refractivity contribution in [1.82, 2.24) is 14.8 Å². The largest absolute Gasteiger partial charge is 0.490 e. The van der Waals surface area contributed by atoms with Crippen LogP contribution in [0.5, 0.6) is 0 Å². The van der Waals surface area contributed by atoms with Crippen LogP contribution in [0.2, 0.25) is 0 Å². The standard InChI is InChI=1S/C17H27N3O2.C2HF3O2/c1-12(2)19(3)10-16-14-9-20(8-6-13(14)11-22-16)17(21)15-5-4-7-18-15;3-2(4,5)1(6)7/h4-5,7,12-14,16,18H,6,8-11H2,1-3H3;(H,6,7)/t13-,14-,16+;/m0./s1. The summed E-state index contributed by atoms with van der Waals surface area (Å²) in [5, 5.41) is 7.12. The normalized spacial score (nSPS) is 24.3. The molecule has 1 aromatic rings. The molecular weight excluding hydrogens is 391 g/mol. The molecule has 2 saturated heterocycles. The van der Waals surface area contributed by atoms with Crippen LogP contribution in [0.4, 0.5) is 13.2 Å². The van der Waals surface area contributed by atoms with E-state index in [0.29, 0.717) is 23.6 Å². The molecule has 2 N–H and O–H groups in total. The van der Waals surface area contributed by atoms with Crippen LogP contribution in [0.15, 0.2) is 18.3 Å². The molecule has 0 bridgehead atoms. The molecule has 3 heterocycles. The molecule has 2 aliphatic rings. The smallest absolute Gasteiger partial charge is 0.475 e. The molecule has 0 saturated carbocycles. The van der Waals surface area contributed by atoms with Crippen LogP contribution in [0.1, 0.15) is 30.8 Å². The number of nitrogens with one attached hydrogen (secondary N) is 1. The van der Waals surface area contributed by atoms with Gasteiger partial charge >= 0.3 is 12.1 Å². The van der Waals surface area contributed by atoms with Crippen LogP contribution in [-0.2, 0) is 9.53 Å². The van der Waals surface area contributed by atoms with E-state index in [0.717, 1.165) is 32.7 Å². The molecule has 3 rings (SSSR count). The Hall–Kier alpha value is -2.07. The molecule has 2 aliphatic heterocycles. The summed E-state index contributed by atoms with van der Waals surface area (Å²) in [6, 6.07) is 4.24. The van der Waals surface area contributed by atoms with Crippen LogP contribution < -0.4 is 0 Å². The fraction of sp³-hybridized carbons (Fsp3) is 0.684. The highest BCUT2D eigenvalue weighted by Gasteiger charge is 2.42. The number of amides is 1. The number of aromatic amines is 1. The molecule has 1 aromatic heterocycles. The summed E-state index contributed by atoms with van der Waals surface area (Å²) in [4.78, 5) is 28.8. The van der Waals surface area contributed by atoms with Gasteiger partial charge in [0.2, 0.25) is 0 Å². The van der Waals surface area contributed by atoms with Crippen molar-refractivity contribution in [1.29, 1.82) is 0 Å². The fourth-order valence-electron chi connectivity index (χ4n) is 3.53. The lowest BCUT2D eigenvalue weighted by Gasteiger charge is -2.37. The summed E-state index contributed by atoms with van der Waals surface area (Å²) in [6.07, 6.45) is -1.98. The average molecular weight is 419 g/mol. The second-order valence-electron chi connectivity index (χ2n) is 7.76. The number of carboxylic acid groups (broad SMARTS) is 1. The highest BCUT2D eigenvalue weighted by molar-refractivity contribution is 5.92. The zero-order valence-electron chi connectivity index (χ0n) is 16.8. The zero-order chi connectivity index (χ0) is 21.8. The lowest BCUT2D eigenvalue weighted by Crippen LogP contribution is -2.47. The summed E-state index contributed by atoms with van der Waals surface area (Å²) in [5.74, 6) is -1.56. The maximum atomic E-state index is 12.5. The number of H-pyrrole nitrogens is 1. The molecule has 0 spiro atoms. The first-order valence-electron chi connectivity index (χ1n) is 9.55. The van der Waals surface area contributed by atoms with Gasteiger partial charge in [0, 0.05) is 37.8 Å². The number of aliphatic carboxylic acids is 1. The predicted octanol–water partition coefficient (Wildman–Crippen LogP) is 2.47. The van der Waals surface area contributed by atoms with E-state index >= 15 is 0 Å². The van der Waals surface area contributed by atoms with Gasteiger partial charge in [-0.15, -0.1) is 0 Å². The van der Waals surface area contributed by atoms with Crippen molar-refractivity contribution >= 4 is 11.9 Å². The molecule has 10 heteroatoms. The van der Waals surface area contributed by atoms with Gasteiger partial charge in [-0.05, 0) is 45.4 Å². The van der Waals surface area contributed by atoms with Gasteiger partial charge < -0.3 is 24.6 Å². The number of halogens is 3. The summed E-state index contributed by atoms with van der Waals surface area (Å²) in [7, 11) is 2.14. The molecule has 1 amide bonds. The predicted molar refractivity (Wildman–Crippen MR) is 99.5 cm³/mol. The Kier molecular flexibility index (Phi) is 7.70. The van der Waals surface area contributed by atoms with Crippen molar-refractivity contribution in [2.24, 2.45) is 11.8 Å². The van der Waals surface area contributed by atoms with E-state index in [-0.39, 0.29) is 12.0 Å². The first-order valence-corrected chi connectivity index (χ1v) is 9.55. The highest BCUT2D eigenvalue weighted by atomic mass is 19.4. The van der Waals surface area contributed by atoms with Gasteiger partial charge in [-0.25, -0.2) is 4.79 Å². The lowest BCUT2D eigenvalue weighted by atomic mass is 9.84. The molecule has 29 heavy (non-hydrogen) atoms. The maximum absolute atomic E-state index is 12.5. The Balaban J connectivity index is 0.000000370. The van der Waals surface area contributed by atoms with Crippen molar-refractivity contribution in [2.45, 2.75) is 38.6 Å². The quantitative estimate of drug-likeness (QED) is 0.783. The molecule has 164 valence electrons. The van der Waals surface area contributed by atoms with Gasteiger partial charge in [-0.3, -0.25) is 4.79 Å². The first kappa shape index (κ1) is 23.2. The van der Waals surface area contributed by atoms with Gasteiger partial charge in [0.25, 0.3) is 5.91 Å². The molecule has 2 fully saturated rings. The molecule has 0 radical (unpaired) electrons. The summed E-state index contributed by atoms with van der Waals surface area (Å²) in [5.41, 5.74) is 0.688. The Bertz CT molecular complexity index is 679. The summed E-state index contributed by atoms with van der Waals surface area (Å²) in [6.45, 7) is 7.87. The number of nitrogens with zero attached hydrogens (tertiary/aromatic N) is 2. The minimum Gasteiger partial charge on any atom is -0.475 e. The third-order valence-corrected chi connectivity index (χ3v) is 5.52. The van der Waals surface area contributed by atoms with E-state index in [1.807, 2.05) is 17.0 Å². The number of piperidine rings is 1. The van der Waals surface area contributed by atoms with E-state index in [2.05, 4.69) is 30.8 Å². The lowest BCUT2D eigenvalue weighted by molar-refractivity contribution is -0.192. The number of alkyl halides is 3. The number of likely N-dealkylation sites (N-methyl/N-ethyl adjacent to an activating group) is 1. The number of ether oxygens (including phenoxy) is 1. The van der Waals surface area contributed by atoms with Crippen LogP contribution >= 0.6 is 0 Å². The number of likely N-dealkylation sites (tertiary alicyclic amines) is 1. The Morgan fingerprint density at radius 1 is 1.41 bits per heavy atom. The van der Waals surface area contributed by atoms with E-state index in [4.69, 9.17) is 14.6 Å². The minimum absolute atomic E-state index is 0.117.